The Morgan fingerprint density at radius 1 is 1.35 bits per heavy atom. The minimum atomic E-state index is -1.56. The molecule has 0 bridgehead atoms. The normalized spacial score (nSPS) is 17.9. The van der Waals surface area contributed by atoms with Gasteiger partial charge in [-0.2, -0.15) is 0 Å². The summed E-state index contributed by atoms with van der Waals surface area (Å²) in [7, 11) is -1.56. The maximum Gasteiger partial charge on any atom is 0.453 e. The van der Waals surface area contributed by atoms with Gasteiger partial charge in [0.25, 0.3) is 0 Å². The van der Waals surface area contributed by atoms with E-state index in [1.807, 2.05) is 6.07 Å². The van der Waals surface area contributed by atoms with Crippen LogP contribution in [-0.4, -0.2) is 53.3 Å². The minimum absolute atomic E-state index is 0.0520. The molecule has 26 heavy (non-hydrogen) atoms. The lowest BCUT2D eigenvalue weighted by atomic mass is 9.79. The molecule has 2 amide bonds. The number of hydrogen-bond donors (Lipinski definition) is 3. The van der Waals surface area contributed by atoms with E-state index in [0.29, 0.717) is 6.54 Å². The van der Waals surface area contributed by atoms with Gasteiger partial charge in [-0.1, -0.05) is 36.9 Å². The number of ether oxygens (including phenoxy) is 1. The summed E-state index contributed by atoms with van der Waals surface area (Å²) in [6, 6.07) is 8.28. The molecule has 0 spiro atoms. The molecule has 1 aliphatic heterocycles. The fourth-order valence-corrected chi connectivity index (χ4v) is 3.11. The maximum absolute atomic E-state index is 12.2. The highest BCUT2D eigenvalue weighted by atomic mass is 16.5. The molecular weight excluding hydrogens is 335 g/mol. The van der Waals surface area contributed by atoms with Crippen molar-refractivity contribution in [2.75, 3.05) is 13.2 Å². The van der Waals surface area contributed by atoms with E-state index >= 15 is 0 Å². The van der Waals surface area contributed by atoms with Gasteiger partial charge in [0.1, 0.15) is 6.61 Å². The third-order valence-electron chi connectivity index (χ3n) is 4.43. The van der Waals surface area contributed by atoms with Crippen LogP contribution < -0.4 is 5.32 Å². The predicted octanol–water partition coefficient (Wildman–Crippen LogP) is 1.49. The Balaban J connectivity index is 1.92. The van der Waals surface area contributed by atoms with Crippen molar-refractivity contribution in [2.45, 2.75) is 37.7 Å². The molecule has 1 aromatic carbocycles. The van der Waals surface area contributed by atoms with Crippen molar-refractivity contribution in [2.24, 2.45) is 0 Å². The third kappa shape index (κ3) is 5.89. The van der Waals surface area contributed by atoms with Gasteiger partial charge in [0.2, 0.25) is 5.91 Å². The number of carbonyl (C=O) groups excluding carboxylic acids is 2. The van der Waals surface area contributed by atoms with E-state index in [0.717, 1.165) is 24.8 Å². The Morgan fingerprint density at radius 3 is 2.73 bits per heavy atom. The number of hydrogen-bond acceptors (Lipinski definition) is 5. The third-order valence-corrected chi connectivity index (χ3v) is 4.43. The highest BCUT2D eigenvalue weighted by Crippen LogP contribution is 2.20. The van der Waals surface area contributed by atoms with Gasteiger partial charge in [-0.3, -0.25) is 4.79 Å². The van der Waals surface area contributed by atoms with Gasteiger partial charge in [-0.05, 0) is 30.9 Å². The van der Waals surface area contributed by atoms with Crippen LogP contribution in [0.5, 0.6) is 0 Å². The number of piperidine rings is 1. The number of nitrogens with one attached hydrogen (secondary N) is 1. The van der Waals surface area contributed by atoms with Crippen LogP contribution in [0.25, 0.3) is 0 Å². The van der Waals surface area contributed by atoms with Crippen LogP contribution in [0.4, 0.5) is 4.79 Å². The van der Waals surface area contributed by atoms with E-state index in [4.69, 9.17) is 4.74 Å². The van der Waals surface area contributed by atoms with Gasteiger partial charge < -0.3 is 25.0 Å². The molecule has 7 nitrogen and oxygen atoms in total. The van der Waals surface area contributed by atoms with Crippen molar-refractivity contribution in [3.63, 3.8) is 0 Å². The largest absolute Gasteiger partial charge is 0.453 e. The Labute approximate surface area is 153 Å². The van der Waals surface area contributed by atoms with Crippen LogP contribution in [0, 0.1) is 0 Å². The van der Waals surface area contributed by atoms with E-state index in [1.165, 1.54) is 6.08 Å². The van der Waals surface area contributed by atoms with Gasteiger partial charge in [0.05, 0.1) is 12.1 Å². The Hall–Kier alpha value is -2.32. The van der Waals surface area contributed by atoms with Crippen molar-refractivity contribution in [1.82, 2.24) is 10.2 Å². The van der Waals surface area contributed by atoms with Crippen molar-refractivity contribution in [1.29, 1.82) is 0 Å². The highest BCUT2D eigenvalue weighted by Gasteiger charge is 2.27. The maximum atomic E-state index is 12.2. The lowest BCUT2D eigenvalue weighted by molar-refractivity contribution is -0.130. The van der Waals surface area contributed by atoms with Crippen LogP contribution >= 0.6 is 0 Å². The molecule has 1 heterocycles. The first-order valence-corrected chi connectivity index (χ1v) is 8.78. The lowest BCUT2D eigenvalue weighted by Gasteiger charge is -2.34. The minimum Gasteiger partial charge on any atom is -0.447 e. The number of alkyl carbamates (subject to hydrolysis) is 1. The summed E-state index contributed by atoms with van der Waals surface area (Å²) < 4.78 is 5.30. The van der Waals surface area contributed by atoms with Crippen LogP contribution in [-0.2, 0) is 9.53 Å². The zero-order valence-electron chi connectivity index (χ0n) is 14.7. The molecule has 2 atom stereocenters. The molecule has 1 fully saturated rings. The second kappa shape index (κ2) is 9.99. The summed E-state index contributed by atoms with van der Waals surface area (Å²) in [5, 5.41) is 21.2. The number of nitrogens with zero attached hydrogens (tertiary/aromatic N) is 1. The number of benzene rings is 1. The number of rotatable bonds is 7. The molecule has 0 radical (unpaired) electrons. The summed E-state index contributed by atoms with van der Waals surface area (Å²) in [5.74, 6) is -0.163. The molecular formula is C18H25BN2O5. The zero-order valence-corrected chi connectivity index (χ0v) is 14.7. The van der Waals surface area contributed by atoms with Crippen LogP contribution in [0.1, 0.15) is 30.9 Å². The number of amides is 2. The topological polar surface area (TPSA) is 99.1 Å². The van der Waals surface area contributed by atoms with E-state index in [1.54, 1.807) is 29.2 Å². The fourth-order valence-electron chi connectivity index (χ4n) is 3.11. The summed E-state index contributed by atoms with van der Waals surface area (Å²) in [6.45, 7) is 4.23. The van der Waals surface area contributed by atoms with Crippen LogP contribution in [0.15, 0.2) is 43.0 Å². The van der Waals surface area contributed by atoms with Gasteiger partial charge in [-0.25, -0.2) is 4.79 Å². The average molecular weight is 360 g/mol. The fraction of sp³-hybridized carbons (Fsp3) is 0.444. The summed E-state index contributed by atoms with van der Waals surface area (Å²) in [4.78, 5) is 25.8. The summed E-state index contributed by atoms with van der Waals surface area (Å²) in [5.41, 5.74) is 0.749. The molecule has 1 saturated heterocycles. The van der Waals surface area contributed by atoms with Gasteiger partial charge >= 0.3 is 13.2 Å². The molecule has 0 aliphatic carbocycles. The molecule has 2 rings (SSSR count). The zero-order chi connectivity index (χ0) is 18.9. The van der Waals surface area contributed by atoms with Crippen LogP contribution in [0.3, 0.4) is 0 Å². The van der Waals surface area contributed by atoms with Gasteiger partial charge in [-0.15, -0.1) is 0 Å². The molecule has 0 aromatic heterocycles. The molecule has 0 unspecified atom stereocenters. The SMILES string of the molecule is C=CC(=O)N1CCCC[C@H]1COC(=O)N[C@H](CB(O)O)c1ccccc1. The number of likely N-dealkylation sites (tertiary alicyclic amines) is 1. The monoisotopic (exact) mass is 360 g/mol. The first kappa shape index (κ1) is 20.0. The Kier molecular flexibility index (Phi) is 7.68. The van der Waals surface area contributed by atoms with Crippen molar-refractivity contribution < 1.29 is 24.4 Å². The smallest absolute Gasteiger partial charge is 0.447 e. The highest BCUT2D eigenvalue weighted by molar-refractivity contribution is 6.41. The molecule has 140 valence electrons. The van der Waals surface area contributed by atoms with Gasteiger partial charge in [0.15, 0.2) is 0 Å². The van der Waals surface area contributed by atoms with Crippen molar-refractivity contribution in [3.8, 4) is 0 Å². The molecule has 0 saturated carbocycles. The van der Waals surface area contributed by atoms with E-state index in [2.05, 4.69) is 11.9 Å². The van der Waals surface area contributed by atoms with Crippen LogP contribution in [0.2, 0.25) is 6.32 Å². The molecule has 3 N–H and O–H groups in total. The average Bonchev–Trinajstić information content (AvgIpc) is 2.66. The molecule has 1 aliphatic rings. The standard InChI is InChI=1S/C18H25BN2O5/c1-2-17(22)21-11-7-6-10-15(21)13-26-18(23)20-16(12-19(24)25)14-8-4-3-5-9-14/h2-5,8-9,15-16,24-25H,1,6-7,10-13H2,(H,20,23)/t15-,16+/m0/s1. The second-order valence-corrected chi connectivity index (χ2v) is 6.31. The first-order valence-electron chi connectivity index (χ1n) is 8.78. The lowest BCUT2D eigenvalue weighted by Crippen LogP contribution is -2.46. The summed E-state index contributed by atoms with van der Waals surface area (Å²) >= 11 is 0. The van der Waals surface area contributed by atoms with E-state index in [-0.39, 0.29) is 24.9 Å². The van der Waals surface area contributed by atoms with E-state index < -0.39 is 19.3 Å². The van der Waals surface area contributed by atoms with Gasteiger partial charge in [0, 0.05) is 12.9 Å². The Bertz CT molecular complexity index is 611. The quantitative estimate of drug-likeness (QED) is 0.506. The second-order valence-electron chi connectivity index (χ2n) is 6.31. The van der Waals surface area contributed by atoms with Crippen molar-refractivity contribution >= 4 is 19.1 Å². The first-order chi connectivity index (χ1) is 12.5. The van der Waals surface area contributed by atoms with Crippen molar-refractivity contribution in [3.05, 3.63) is 48.6 Å². The van der Waals surface area contributed by atoms with E-state index in [9.17, 15) is 19.6 Å². The Morgan fingerprint density at radius 2 is 2.08 bits per heavy atom. The predicted molar refractivity (Wildman–Crippen MR) is 98.2 cm³/mol. The molecule has 1 aromatic rings. The molecule has 8 heteroatoms. The number of carbonyl (C=O) groups is 2. The summed E-state index contributed by atoms with van der Waals surface area (Å²) in [6.07, 6.45) is 3.23.